The molecule has 208 valence electrons. The Hall–Kier alpha value is -3.88. The fourth-order valence-electron chi connectivity index (χ4n) is 3.72. The summed E-state index contributed by atoms with van der Waals surface area (Å²) in [6.45, 7) is 13.5. The van der Waals surface area contributed by atoms with Gasteiger partial charge in [-0.15, -0.1) is 0 Å². The Labute approximate surface area is 226 Å². The van der Waals surface area contributed by atoms with Crippen molar-refractivity contribution in [3.05, 3.63) is 53.9 Å². The first-order valence-electron chi connectivity index (χ1n) is 13.2. The van der Waals surface area contributed by atoms with E-state index in [-0.39, 0.29) is 24.6 Å². The number of nitrogens with zero attached hydrogens (tertiary/aromatic N) is 3. The summed E-state index contributed by atoms with van der Waals surface area (Å²) in [6.07, 6.45) is 4.16. The number of Topliss-reactive ketones (excluding diaryl/α,β-unsaturated/α-hetero) is 1. The maximum atomic E-state index is 13.0. The third-order valence-electron chi connectivity index (χ3n) is 5.37. The minimum absolute atomic E-state index is 0.0833. The van der Waals surface area contributed by atoms with Crippen molar-refractivity contribution in [2.24, 2.45) is 0 Å². The van der Waals surface area contributed by atoms with Crippen molar-refractivity contribution in [1.82, 2.24) is 19.8 Å². The molecule has 1 fully saturated rings. The number of pyridine rings is 1. The number of carbonyl (C=O) groups is 3. The van der Waals surface area contributed by atoms with Crippen LogP contribution < -0.4 is 9.47 Å². The summed E-state index contributed by atoms with van der Waals surface area (Å²) in [6, 6.07) is 9.00. The second-order valence-corrected chi connectivity index (χ2v) is 7.77. The van der Waals surface area contributed by atoms with Gasteiger partial charge >= 0.3 is 0 Å². The van der Waals surface area contributed by atoms with Crippen LogP contribution in [0.2, 0.25) is 0 Å². The average molecular weight is 527 g/mol. The van der Waals surface area contributed by atoms with E-state index in [9.17, 15) is 14.4 Å². The van der Waals surface area contributed by atoms with Crippen LogP contribution in [-0.2, 0) is 4.79 Å². The molecule has 9 nitrogen and oxygen atoms in total. The molecule has 1 aliphatic rings. The topological polar surface area (TPSA) is 105 Å². The number of aromatic amines is 1. The SMILES string of the molecule is CC.CC.CCC.COc1ncc(OC)c2c(C(=O)C(=O)N3CCN(C(=O)c4ccccc4)CC3)c[nH]c12. The lowest BCUT2D eigenvalue weighted by molar-refractivity contribution is -0.127. The minimum atomic E-state index is -0.652. The van der Waals surface area contributed by atoms with Gasteiger partial charge in [-0.2, -0.15) is 0 Å². The van der Waals surface area contributed by atoms with Crippen molar-refractivity contribution in [3.8, 4) is 11.6 Å². The summed E-state index contributed by atoms with van der Waals surface area (Å²) in [5, 5.41) is 0.450. The molecular weight excluding hydrogens is 484 g/mol. The molecular formula is C29H42N4O5. The molecule has 9 heteroatoms. The zero-order valence-corrected chi connectivity index (χ0v) is 24.0. The number of ether oxygens (including phenoxy) is 2. The Kier molecular flexibility index (Phi) is 14.2. The lowest BCUT2D eigenvalue weighted by Crippen LogP contribution is -2.52. The van der Waals surface area contributed by atoms with E-state index in [0.29, 0.717) is 41.2 Å². The van der Waals surface area contributed by atoms with Crippen LogP contribution in [0.5, 0.6) is 11.6 Å². The van der Waals surface area contributed by atoms with Crippen LogP contribution in [0.1, 0.15) is 68.7 Å². The number of ketones is 1. The molecule has 0 radical (unpaired) electrons. The molecule has 0 spiro atoms. The van der Waals surface area contributed by atoms with Gasteiger partial charge < -0.3 is 24.3 Å². The van der Waals surface area contributed by atoms with Gasteiger partial charge in [0.1, 0.15) is 11.3 Å². The number of nitrogens with one attached hydrogen (secondary N) is 1. The van der Waals surface area contributed by atoms with Crippen LogP contribution in [0.15, 0.2) is 42.7 Å². The number of H-pyrrole nitrogens is 1. The molecule has 3 heterocycles. The Bertz CT molecular complexity index is 1150. The lowest BCUT2D eigenvalue weighted by Gasteiger charge is -2.34. The fourth-order valence-corrected chi connectivity index (χ4v) is 3.72. The minimum Gasteiger partial charge on any atom is -0.494 e. The van der Waals surface area contributed by atoms with Gasteiger partial charge in [0.25, 0.3) is 17.6 Å². The fraction of sp³-hybridized carbons (Fsp3) is 0.448. The Morgan fingerprint density at radius 3 is 1.97 bits per heavy atom. The lowest BCUT2D eigenvalue weighted by atomic mass is 10.1. The number of rotatable bonds is 5. The van der Waals surface area contributed by atoms with E-state index >= 15 is 0 Å². The highest BCUT2D eigenvalue weighted by atomic mass is 16.5. The average Bonchev–Trinajstić information content (AvgIpc) is 3.44. The smallest absolute Gasteiger partial charge is 0.295 e. The van der Waals surface area contributed by atoms with Crippen molar-refractivity contribution < 1.29 is 23.9 Å². The second-order valence-electron chi connectivity index (χ2n) is 7.77. The predicted octanol–water partition coefficient (Wildman–Crippen LogP) is 5.22. The summed E-state index contributed by atoms with van der Waals surface area (Å²) in [4.78, 5) is 48.8. The summed E-state index contributed by atoms with van der Waals surface area (Å²) in [7, 11) is 2.94. The first kappa shape index (κ1) is 32.1. The summed E-state index contributed by atoms with van der Waals surface area (Å²) in [5.74, 6) is -0.687. The number of carbonyl (C=O) groups excluding carboxylic acids is 3. The van der Waals surface area contributed by atoms with Crippen LogP contribution in [0, 0.1) is 0 Å². The number of hydrogen-bond donors (Lipinski definition) is 1. The normalized spacial score (nSPS) is 12.1. The molecule has 1 saturated heterocycles. The van der Waals surface area contributed by atoms with Gasteiger partial charge in [-0.05, 0) is 12.1 Å². The van der Waals surface area contributed by atoms with E-state index < -0.39 is 11.7 Å². The molecule has 1 N–H and O–H groups in total. The van der Waals surface area contributed by atoms with Crippen molar-refractivity contribution in [1.29, 1.82) is 0 Å². The number of amides is 2. The maximum absolute atomic E-state index is 13.0. The first-order chi connectivity index (χ1) is 18.5. The standard InChI is InChI=1S/C22H22N4O5.C3H8.2C2H6/c1-30-16-13-24-20(31-2)18-17(16)15(12-23-18)19(27)22(29)26-10-8-25(9-11-26)21(28)14-6-4-3-5-7-14;1-3-2;2*1-2/h3-7,12-13,23H,8-11H2,1-2H3;3H2,1-2H3;2*1-2H3. The molecule has 2 aromatic heterocycles. The number of fused-ring (bicyclic) bond motifs is 1. The number of benzene rings is 1. The van der Waals surface area contributed by atoms with Crippen molar-refractivity contribution in [3.63, 3.8) is 0 Å². The van der Waals surface area contributed by atoms with Crippen LogP contribution >= 0.6 is 0 Å². The summed E-state index contributed by atoms with van der Waals surface area (Å²) >= 11 is 0. The number of aromatic nitrogens is 2. The third-order valence-corrected chi connectivity index (χ3v) is 5.37. The van der Waals surface area contributed by atoms with Gasteiger partial charge in [-0.1, -0.05) is 66.2 Å². The predicted molar refractivity (Wildman–Crippen MR) is 151 cm³/mol. The van der Waals surface area contributed by atoms with Crippen molar-refractivity contribution >= 4 is 28.5 Å². The van der Waals surface area contributed by atoms with E-state index in [1.54, 1.807) is 17.0 Å². The first-order valence-corrected chi connectivity index (χ1v) is 13.2. The van der Waals surface area contributed by atoms with Gasteiger partial charge in [-0.25, -0.2) is 4.98 Å². The Morgan fingerprint density at radius 1 is 0.895 bits per heavy atom. The second kappa shape index (κ2) is 16.8. The maximum Gasteiger partial charge on any atom is 0.295 e. The Morgan fingerprint density at radius 2 is 1.45 bits per heavy atom. The molecule has 0 atom stereocenters. The van der Waals surface area contributed by atoms with Gasteiger partial charge in [0.15, 0.2) is 0 Å². The molecule has 0 aliphatic carbocycles. The highest BCUT2D eigenvalue weighted by molar-refractivity contribution is 6.45. The monoisotopic (exact) mass is 526 g/mol. The zero-order valence-electron chi connectivity index (χ0n) is 24.0. The van der Waals surface area contributed by atoms with E-state index in [0.717, 1.165) is 0 Å². The molecule has 38 heavy (non-hydrogen) atoms. The Balaban J connectivity index is 0.000000944. The summed E-state index contributed by atoms with van der Waals surface area (Å²) < 4.78 is 10.5. The van der Waals surface area contributed by atoms with E-state index in [1.807, 2.05) is 45.9 Å². The largest absolute Gasteiger partial charge is 0.494 e. The van der Waals surface area contributed by atoms with E-state index in [1.165, 1.54) is 37.9 Å². The molecule has 1 aliphatic heterocycles. The highest BCUT2D eigenvalue weighted by Crippen LogP contribution is 2.33. The molecule has 3 aromatic rings. The molecule has 1 aromatic carbocycles. The quantitative estimate of drug-likeness (QED) is 0.361. The number of methoxy groups -OCH3 is 2. The van der Waals surface area contributed by atoms with Gasteiger partial charge in [0.2, 0.25) is 5.88 Å². The summed E-state index contributed by atoms with van der Waals surface area (Å²) in [5.41, 5.74) is 1.28. The van der Waals surface area contributed by atoms with Crippen LogP contribution in [0.4, 0.5) is 0 Å². The zero-order chi connectivity index (χ0) is 28.7. The highest BCUT2D eigenvalue weighted by Gasteiger charge is 2.31. The van der Waals surface area contributed by atoms with Crippen LogP contribution in [0.25, 0.3) is 10.9 Å². The van der Waals surface area contributed by atoms with Crippen molar-refractivity contribution in [2.45, 2.75) is 48.0 Å². The van der Waals surface area contributed by atoms with E-state index in [2.05, 4.69) is 23.8 Å². The third kappa shape index (κ3) is 7.57. The molecule has 0 unspecified atom stereocenters. The number of hydrogen-bond acceptors (Lipinski definition) is 6. The van der Waals surface area contributed by atoms with E-state index in [4.69, 9.17) is 9.47 Å². The van der Waals surface area contributed by atoms with Gasteiger partial charge in [-0.3, -0.25) is 14.4 Å². The molecule has 0 bridgehead atoms. The van der Waals surface area contributed by atoms with Crippen LogP contribution in [-0.4, -0.2) is 77.8 Å². The molecule has 0 saturated carbocycles. The van der Waals surface area contributed by atoms with Gasteiger partial charge in [0.05, 0.1) is 31.4 Å². The number of piperazine rings is 1. The van der Waals surface area contributed by atoms with Gasteiger partial charge in [0, 0.05) is 37.9 Å². The molecule has 2 amide bonds. The van der Waals surface area contributed by atoms with Crippen molar-refractivity contribution in [2.75, 3.05) is 40.4 Å². The van der Waals surface area contributed by atoms with Crippen LogP contribution in [0.3, 0.4) is 0 Å². The molecule has 4 rings (SSSR count).